The molecule has 3 heteroatoms. The Kier molecular flexibility index (Phi) is 4.65. The summed E-state index contributed by atoms with van der Waals surface area (Å²) < 4.78 is 19.8. The van der Waals surface area contributed by atoms with Crippen LogP contribution < -0.4 is 0 Å². The van der Waals surface area contributed by atoms with E-state index < -0.39 is 10.7 Å². The molecule has 0 saturated carbocycles. The molecule has 0 aromatic carbocycles. The van der Waals surface area contributed by atoms with Crippen LogP contribution in [0.4, 0.5) is 0 Å². The van der Waals surface area contributed by atoms with Crippen molar-refractivity contribution in [1.82, 2.24) is 0 Å². The molecule has 0 spiro atoms. The lowest BCUT2D eigenvalue weighted by molar-refractivity contribution is 0.614. The number of rotatable bonds is 3. The van der Waals surface area contributed by atoms with E-state index >= 15 is 0 Å². The van der Waals surface area contributed by atoms with Crippen molar-refractivity contribution in [3.63, 3.8) is 0 Å². The van der Waals surface area contributed by atoms with Gasteiger partial charge in [0.2, 0.25) is 0 Å². The van der Waals surface area contributed by atoms with E-state index in [4.69, 9.17) is 0 Å². The van der Waals surface area contributed by atoms with Gasteiger partial charge in [-0.1, -0.05) is 12.2 Å². The molecule has 2 nitrogen and oxygen atoms in total. The van der Waals surface area contributed by atoms with Gasteiger partial charge in [0.15, 0.2) is 0 Å². The first-order valence-electron chi connectivity index (χ1n) is 2.50. The maximum Gasteiger partial charge on any atom is 0.140 e. The number of hydrogen-bond acceptors (Lipinski definition) is 2. The van der Waals surface area contributed by atoms with Crippen molar-refractivity contribution in [2.75, 3.05) is 5.75 Å². The smallest absolute Gasteiger partial charge is 0.140 e. The second-order valence-corrected chi connectivity index (χ2v) is 2.53. The minimum atomic E-state index is -2.16. The molecule has 0 amide bonds. The highest BCUT2D eigenvalue weighted by molar-refractivity contribution is 7.72. The molecule has 8 heavy (non-hydrogen) atoms. The highest BCUT2D eigenvalue weighted by Crippen LogP contribution is 1.80. The summed E-state index contributed by atoms with van der Waals surface area (Å²) in [6.07, 6.45) is 4.33. The van der Waals surface area contributed by atoms with E-state index in [1.165, 1.54) is 0 Å². The standard InChI is InChI=1S/C5H10O2S/c1-2-3-4-5-8(6)7/h2-3,8H,4-5H2,1H3. The Bertz CT molecular complexity index is 127. The number of hydrogen-bond donors (Lipinski definition) is 1. The molecular weight excluding hydrogens is 124 g/mol. The van der Waals surface area contributed by atoms with Gasteiger partial charge in [-0.05, 0) is 13.3 Å². The second-order valence-electron chi connectivity index (χ2n) is 1.41. The SMILES string of the molecule is CC=CCC[SH](=O)=O. The summed E-state index contributed by atoms with van der Waals surface area (Å²) in [6, 6.07) is 0. The molecule has 0 radical (unpaired) electrons. The van der Waals surface area contributed by atoms with Gasteiger partial charge in [-0.3, -0.25) is 0 Å². The lowest BCUT2D eigenvalue weighted by Gasteiger charge is -1.78. The van der Waals surface area contributed by atoms with Gasteiger partial charge >= 0.3 is 0 Å². The summed E-state index contributed by atoms with van der Waals surface area (Å²) in [4.78, 5) is 0. The van der Waals surface area contributed by atoms with Crippen LogP contribution in [0.25, 0.3) is 0 Å². The molecule has 0 rings (SSSR count). The van der Waals surface area contributed by atoms with Crippen LogP contribution in [0.3, 0.4) is 0 Å². The van der Waals surface area contributed by atoms with Crippen LogP contribution in [0.1, 0.15) is 13.3 Å². The summed E-state index contributed by atoms with van der Waals surface area (Å²) in [7, 11) is -2.16. The van der Waals surface area contributed by atoms with Gasteiger partial charge in [0, 0.05) is 0 Å². The lowest BCUT2D eigenvalue weighted by Crippen LogP contribution is -1.82. The van der Waals surface area contributed by atoms with Gasteiger partial charge in [0.25, 0.3) is 0 Å². The molecule has 48 valence electrons. The fraction of sp³-hybridized carbons (Fsp3) is 0.600. The molecule has 0 heterocycles. The predicted octanol–water partition coefficient (Wildman–Crippen LogP) is 0.564. The molecule has 0 aliphatic rings. The molecule has 0 N–H and O–H groups in total. The predicted molar refractivity (Wildman–Crippen MR) is 34.6 cm³/mol. The van der Waals surface area contributed by atoms with Crippen LogP contribution in [0, 0.1) is 0 Å². The highest BCUT2D eigenvalue weighted by atomic mass is 32.2. The van der Waals surface area contributed by atoms with Gasteiger partial charge < -0.3 is 0 Å². The first kappa shape index (κ1) is 7.69. The quantitative estimate of drug-likeness (QED) is 0.452. The molecule has 0 aliphatic carbocycles. The summed E-state index contributed by atoms with van der Waals surface area (Å²) in [5, 5.41) is 0. The van der Waals surface area contributed by atoms with Gasteiger partial charge in [-0.25, -0.2) is 8.42 Å². The van der Waals surface area contributed by atoms with Crippen molar-refractivity contribution in [1.29, 1.82) is 0 Å². The molecule has 0 saturated heterocycles. The maximum atomic E-state index is 9.88. The summed E-state index contributed by atoms with van der Waals surface area (Å²) in [5.41, 5.74) is 0. The topological polar surface area (TPSA) is 34.1 Å². The number of allylic oxidation sites excluding steroid dienone is 2. The molecular formula is C5H10O2S. The van der Waals surface area contributed by atoms with Crippen LogP contribution in [-0.4, -0.2) is 14.2 Å². The average molecular weight is 134 g/mol. The minimum Gasteiger partial charge on any atom is -0.232 e. The monoisotopic (exact) mass is 134 g/mol. The maximum absolute atomic E-state index is 9.88. The Morgan fingerprint density at radius 3 is 2.50 bits per heavy atom. The molecule has 0 unspecified atom stereocenters. The molecule has 0 bridgehead atoms. The molecule has 0 aromatic heterocycles. The van der Waals surface area contributed by atoms with Crippen LogP contribution in [0.2, 0.25) is 0 Å². The lowest BCUT2D eigenvalue weighted by atomic mass is 10.4. The third kappa shape index (κ3) is 5.69. The Balaban J connectivity index is 3.19. The fourth-order valence-corrected chi connectivity index (χ4v) is 0.707. The fourth-order valence-electron chi connectivity index (χ4n) is 0.347. The van der Waals surface area contributed by atoms with E-state index in [1.807, 2.05) is 19.1 Å². The van der Waals surface area contributed by atoms with E-state index in [-0.39, 0.29) is 5.75 Å². The van der Waals surface area contributed by atoms with Crippen molar-refractivity contribution in [2.45, 2.75) is 13.3 Å². The second kappa shape index (κ2) is 4.84. The Labute approximate surface area is 51.2 Å². The highest BCUT2D eigenvalue weighted by Gasteiger charge is 1.79. The zero-order valence-electron chi connectivity index (χ0n) is 4.83. The van der Waals surface area contributed by atoms with E-state index in [2.05, 4.69) is 0 Å². The molecule has 0 fully saturated rings. The zero-order chi connectivity index (χ0) is 6.41. The van der Waals surface area contributed by atoms with Crippen molar-refractivity contribution in [3.05, 3.63) is 12.2 Å². The molecule has 0 aromatic rings. The molecule has 0 aliphatic heterocycles. The Morgan fingerprint density at radius 2 is 2.12 bits per heavy atom. The Morgan fingerprint density at radius 1 is 1.50 bits per heavy atom. The Hall–Kier alpha value is -0.310. The first-order valence-corrected chi connectivity index (χ1v) is 3.86. The van der Waals surface area contributed by atoms with Gasteiger partial charge in [0.05, 0.1) is 5.75 Å². The molecule has 0 atom stereocenters. The largest absolute Gasteiger partial charge is 0.232 e. The summed E-state index contributed by atoms with van der Waals surface area (Å²) >= 11 is 0. The van der Waals surface area contributed by atoms with E-state index in [1.54, 1.807) is 0 Å². The van der Waals surface area contributed by atoms with Gasteiger partial charge in [-0.2, -0.15) is 0 Å². The number of thiol groups is 1. The minimum absolute atomic E-state index is 0.277. The van der Waals surface area contributed by atoms with Crippen LogP contribution in [-0.2, 0) is 10.7 Å². The normalized spacial score (nSPS) is 11.2. The summed E-state index contributed by atoms with van der Waals surface area (Å²) in [5.74, 6) is 0.277. The van der Waals surface area contributed by atoms with E-state index in [0.717, 1.165) is 0 Å². The third-order valence-electron chi connectivity index (χ3n) is 0.714. The zero-order valence-corrected chi connectivity index (χ0v) is 5.73. The third-order valence-corrected chi connectivity index (χ3v) is 1.34. The van der Waals surface area contributed by atoms with Crippen molar-refractivity contribution in [2.24, 2.45) is 0 Å². The van der Waals surface area contributed by atoms with Crippen LogP contribution in [0.5, 0.6) is 0 Å². The van der Waals surface area contributed by atoms with Crippen LogP contribution in [0.15, 0.2) is 12.2 Å². The van der Waals surface area contributed by atoms with Crippen molar-refractivity contribution >= 4 is 10.7 Å². The van der Waals surface area contributed by atoms with Gasteiger partial charge in [-0.15, -0.1) is 0 Å². The van der Waals surface area contributed by atoms with E-state index in [0.29, 0.717) is 6.42 Å². The average Bonchev–Trinajstić information content (AvgIpc) is 1.66. The van der Waals surface area contributed by atoms with Gasteiger partial charge in [0.1, 0.15) is 10.7 Å². The van der Waals surface area contributed by atoms with E-state index in [9.17, 15) is 8.42 Å². The van der Waals surface area contributed by atoms with Crippen LogP contribution >= 0.6 is 0 Å². The first-order chi connectivity index (χ1) is 3.77. The van der Waals surface area contributed by atoms with Crippen molar-refractivity contribution in [3.8, 4) is 0 Å². The van der Waals surface area contributed by atoms with Crippen molar-refractivity contribution < 1.29 is 8.42 Å². The summed E-state index contributed by atoms with van der Waals surface area (Å²) in [6.45, 7) is 1.87.